The van der Waals surface area contributed by atoms with Crippen LogP contribution in [0.4, 0.5) is 0 Å². The SMILES string of the molecule is COc1cc(Oc2ncnc3ccccc23)cc(-n2ccnc2)c1. The van der Waals surface area contributed by atoms with Crippen molar-refractivity contribution in [1.82, 2.24) is 19.5 Å². The molecule has 6 heteroatoms. The second-order valence-corrected chi connectivity index (χ2v) is 5.13. The van der Waals surface area contributed by atoms with Gasteiger partial charge in [0.1, 0.15) is 17.8 Å². The summed E-state index contributed by atoms with van der Waals surface area (Å²) in [4.78, 5) is 12.6. The number of imidazole rings is 1. The summed E-state index contributed by atoms with van der Waals surface area (Å²) in [7, 11) is 1.62. The Morgan fingerprint density at radius 1 is 1.00 bits per heavy atom. The standard InChI is InChI=1S/C18H14N4O2/c1-23-14-8-13(22-7-6-19-12-22)9-15(10-14)24-18-16-4-2-3-5-17(16)20-11-21-18/h2-12H,1H3. The predicted octanol–water partition coefficient (Wildman–Crippen LogP) is 3.62. The van der Waals surface area contributed by atoms with Crippen LogP contribution in [0.15, 0.2) is 67.5 Å². The lowest BCUT2D eigenvalue weighted by Crippen LogP contribution is -1.96. The van der Waals surface area contributed by atoms with Crippen LogP contribution < -0.4 is 9.47 Å². The van der Waals surface area contributed by atoms with E-state index in [0.717, 1.165) is 16.6 Å². The number of methoxy groups -OCH3 is 1. The highest BCUT2D eigenvalue weighted by Crippen LogP contribution is 2.31. The van der Waals surface area contributed by atoms with E-state index in [0.29, 0.717) is 17.4 Å². The summed E-state index contributed by atoms with van der Waals surface area (Å²) in [5.41, 5.74) is 1.72. The first kappa shape index (κ1) is 14.2. The maximum absolute atomic E-state index is 6.01. The third-order valence-corrected chi connectivity index (χ3v) is 3.62. The van der Waals surface area contributed by atoms with Gasteiger partial charge in [0.2, 0.25) is 5.88 Å². The van der Waals surface area contributed by atoms with Gasteiger partial charge >= 0.3 is 0 Å². The number of hydrogen-bond donors (Lipinski definition) is 0. The molecule has 2 aromatic carbocycles. The van der Waals surface area contributed by atoms with Gasteiger partial charge in [-0.05, 0) is 12.1 Å². The molecular weight excluding hydrogens is 304 g/mol. The van der Waals surface area contributed by atoms with Gasteiger partial charge in [-0.25, -0.2) is 15.0 Å². The Morgan fingerprint density at radius 3 is 2.71 bits per heavy atom. The predicted molar refractivity (Wildman–Crippen MR) is 89.7 cm³/mol. The zero-order chi connectivity index (χ0) is 16.4. The molecule has 24 heavy (non-hydrogen) atoms. The Bertz CT molecular complexity index is 978. The maximum atomic E-state index is 6.01. The first-order chi connectivity index (χ1) is 11.8. The van der Waals surface area contributed by atoms with Crippen molar-refractivity contribution in [3.8, 4) is 23.1 Å². The fourth-order valence-electron chi connectivity index (χ4n) is 2.47. The summed E-state index contributed by atoms with van der Waals surface area (Å²) in [6, 6.07) is 13.3. The Hall–Kier alpha value is -3.41. The van der Waals surface area contributed by atoms with Crippen molar-refractivity contribution in [3.05, 3.63) is 67.5 Å². The van der Waals surface area contributed by atoms with Gasteiger partial charge in [-0.1, -0.05) is 12.1 Å². The molecule has 0 saturated heterocycles. The zero-order valence-corrected chi connectivity index (χ0v) is 13.0. The number of nitrogens with zero attached hydrogens (tertiary/aromatic N) is 4. The number of rotatable bonds is 4. The van der Waals surface area contributed by atoms with Crippen LogP contribution in [-0.4, -0.2) is 26.6 Å². The van der Waals surface area contributed by atoms with Crippen molar-refractivity contribution in [2.75, 3.05) is 7.11 Å². The molecule has 0 spiro atoms. The van der Waals surface area contributed by atoms with E-state index < -0.39 is 0 Å². The van der Waals surface area contributed by atoms with E-state index in [1.165, 1.54) is 6.33 Å². The third kappa shape index (κ3) is 2.65. The second kappa shape index (κ2) is 6.00. The number of fused-ring (bicyclic) bond motifs is 1. The van der Waals surface area contributed by atoms with Crippen molar-refractivity contribution in [2.45, 2.75) is 0 Å². The third-order valence-electron chi connectivity index (χ3n) is 3.62. The molecule has 0 unspecified atom stereocenters. The summed E-state index contributed by atoms with van der Waals surface area (Å²) in [5, 5.41) is 0.854. The van der Waals surface area contributed by atoms with Crippen molar-refractivity contribution in [3.63, 3.8) is 0 Å². The molecule has 4 rings (SSSR count). The van der Waals surface area contributed by atoms with Gasteiger partial charge in [-0.2, -0.15) is 0 Å². The van der Waals surface area contributed by atoms with Gasteiger partial charge in [-0.15, -0.1) is 0 Å². The molecule has 0 aliphatic heterocycles. The fourth-order valence-corrected chi connectivity index (χ4v) is 2.47. The van der Waals surface area contributed by atoms with E-state index in [2.05, 4.69) is 15.0 Å². The smallest absolute Gasteiger partial charge is 0.230 e. The second-order valence-electron chi connectivity index (χ2n) is 5.13. The summed E-state index contributed by atoms with van der Waals surface area (Å²) in [5.74, 6) is 1.82. The minimum Gasteiger partial charge on any atom is -0.497 e. The molecular formula is C18H14N4O2. The largest absolute Gasteiger partial charge is 0.497 e. The van der Waals surface area contributed by atoms with E-state index in [9.17, 15) is 0 Å². The summed E-state index contributed by atoms with van der Waals surface area (Å²) in [6.45, 7) is 0. The topological polar surface area (TPSA) is 62.1 Å². The van der Waals surface area contributed by atoms with E-state index in [1.54, 1.807) is 19.6 Å². The van der Waals surface area contributed by atoms with Gasteiger partial charge in [0.15, 0.2) is 0 Å². The quantitative estimate of drug-likeness (QED) is 0.575. The number of benzene rings is 2. The molecule has 0 bridgehead atoms. The van der Waals surface area contributed by atoms with Gasteiger partial charge in [0.25, 0.3) is 0 Å². The highest BCUT2D eigenvalue weighted by molar-refractivity contribution is 5.83. The molecule has 0 amide bonds. The Balaban J connectivity index is 1.77. The molecule has 0 fully saturated rings. The van der Waals surface area contributed by atoms with Gasteiger partial charge in [0.05, 0.1) is 30.0 Å². The summed E-state index contributed by atoms with van der Waals surface area (Å²) < 4.78 is 13.3. The number of aromatic nitrogens is 4. The normalized spacial score (nSPS) is 10.7. The van der Waals surface area contributed by atoms with E-state index in [1.807, 2.05) is 53.2 Å². The average molecular weight is 318 g/mol. The van der Waals surface area contributed by atoms with Crippen molar-refractivity contribution < 1.29 is 9.47 Å². The first-order valence-corrected chi connectivity index (χ1v) is 7.38. The van der Waals surface area contributed by atoms with Crippen LogP contribution in [0.5, 0.6) is 17.4 Å². The van der Waals surface area contributed by atoms with Crippen molar-refractivity contribution in [1.29, 1.82) is 0 Å². The van der Waals surface area contributed by atoms with Crippen LogP contribution in [0.1, 0.15) is 0 Å². The van der Waals surface area contributed by atoms with Crippen molar-refractivity contribution >= 4 is 10.9 Å². The molecule has 0 N–H and O–H groups in total. The number of para-hydroxylation sites is 1. The van der Waals surface area contributed by atoms with Crippen LogP contribution in [-0.2, 0) is 0 Å². The molecule has 0 radical (unpaired) electrons. The Kier molecular flexibility index (Phi) is 3.55. The molecule has 0 aliphatic rings. The molecule has 2 heterocycles. The van der Waals surface area contributed by atoms with E-state index in [-0.39, 0.29) is 0 Å². The van der Waals surface area contributed by atoms with Gasteiger partial charge in [0, 0.05) is 30.6 Å². The van der Waals surface area contributed by atoms with Crippen LogP contribution in [0.25, 0.3) is 16.6 Å². The molecule has 118 valence electrons. The minimum absolute atomic E-state index is 0.505. The maximum Gasteiger partial charge on any atom is 0.230 e. The van der Waals surface area contributed by atoms with Gasteiger partial charge in [-0.3, -0.25) is 0 Å². The zero-order valence-electron chi connectivity index (χ0n) is 13.0. The Labute approximate surface area is 138 Å². The van der Waals surface area contributed by atoms with Crippen LogP contribution in [0, 0.1) is 0 Å². The lowest BCUT2D eigenvalue weighted by molar-refractivity contribution is 0.407. The molecule has 6 nitrogen and oxygen atoms in total. The van der Waals surface area contributed by atoms with Crippen LogP contribution in [0.3, 0.4) is 0 Å². The summed E-state index contributed by atoms with van der Waals surface area (Å²) >= 11 is 0. The van der Waals surface area contributed by atoms with E-state index >= 15 is 0 Å². The Morgan fingerprint density at radius 2 is 1.88 bits per heavy atom. The monoisotopic (exact) mass is 318 g/mol. The molecule has 4 aromatic rings. The number of ether oxygens (including phenoxy) is 2. The molecule has 0 saturated carbocycles. The first-order valence-electron chi connectivity index (χ1n) is 7.38. The fraction of sp³-hybridized carbons (Fsp3) is 0.0556. The molecule has 0 atom stereocenters. The lowest BCUT2D eigenvalue weighted by atomic mass is 10.2. The van der Waals surface area contributed by atoms with Crippen LogP contribution >= 0.6 is 0 Å². The van der Waals surface area contributed by atoms with E-state index in [4.69, 9.17) is 9.47 Å². The highest BCUT2D eigenvalue weighted by atomic mass is 16.5. The van der Waals surface area contributed by atoms with Crippen molar-refractivity contribution in [2.24, 2.45) is 0 Å². The molecule has 0 aliphatic carbocycles. The van der Waals surface area contributed by atoms with Crippen LogP contribution in [0.2, 0.25) is 0 Å². The summed E-state index contributed by atoms with van der Waals surface area (Å²) in [6.07, 6.45) is 6.80. The minimum atomic E-state index is 0.505. The average Bonchev–Trinajstić information content (AvgIpc) is 3.16. The number of hydrogen-bond acceptors (Lipinski definition) is 5. The van der Waals surface area contributed by atoms with Gasteiger partial charge < -0.3 is 14.0 Å². The highest BCUT2D eigenvalue weighted by Gasteiger charge is 2.09. The lowest BCUT2D eigenvalue weighted by Gasteiger charge is -2.11. The molecule has 2 aromatic heterocycles.